The third-order valence-corrected chi connectivity index (χ3v) is 7.90. The summed E-state index contributed by atoms with van der Waals surface area (Å²) in [5, 5.41) is 12.2. The lowest BCUT2D eigenvalue weighted by Gasteiger charge is -2.25. The number of hydrogen-bond donors (Lipinski definition) is 1. The summed E-state index contributed by atoms with van der Waals surface area (Å²) in [6, 6.07) is 20.1. The highest BCUT2D eigenvalue weighted by Gasteiger charge is 2.30. The number of nitrogens with one attached hydrogen (secondary N) is 1. The Hall–Kier alpha value is -3.47. The first kappa shape index (κ1) is 24.6. The maximum absolute atomic E-state index is 13.6. The van der Waals surface area contributed by atoms with E-state index in [0.29, 0.717) is 15.8 Å². The SMILES string of the molecule is COc1ccc(C)cc1N(CC(=O)Nc1nnc(-c2ccc(Cl)cc2)s1)S(=O)(=O)c1ccccc1. The number of amides is 1. The van der Waals surface area contributed by atoms with Crippen molar-refractivity contribution in [1.29, 1.82) is 0 Å². The number of sulfonamides is 1. The largest absolute Gasteiger partial charge is 0.495 e. The summed E-state index contributed by atoms with van der Waals surface area (Å²) in [6.07, 6.45) is 0. The number of ether oxygens (including phenoxy) is 1. The quantitative estimate of drug-likeness (QED) is 0.345. The number of aromatic nitrogens is 2. The summed E-state index contributed by atoms with van der Waals surface area (Å²) in [5.41, 5.74) is 1.86. The smallest absolute Gasteiger partial charge is 0.264 e. The van der Waals surface area contributed by atoms with Gasteiger partial charge in [0.2, 0.25) is 11.0 Å². The second-order valence-corrected chi connectivity index (χ2v) is 10.7. The molecule has 35 heavy (non-hydrogen) atoms. The van der Waals surface area contributed by atoms with Crippen LogP contribution in [0.25, 0.3) is 10.6 Å². The van der Waals surface area contributed by atoms with Gasteiger partial charge in [-0.3, -0.25) is 14.4 Å². The molecule has 0 spiro atoms. The van der Waals surface area contributed by atoms with Gasteiger partial charge < -0.3 is 4.74 Å². The highest BCUT2D eigenvalue weighted by molar-refractivity contribution is 7.92. The van der Waals surface area contributed by atoms with E-state index in [2.05, 4.69) is 15.5 Å². The Balaban J connectivity index is 1.63. The van der Waals surface area contributed by atoms with Crippen molar-refractivity contribution in [2.45, 2.75) is 11.8 Å². The number of anilines is 2. The molecule has 0 aliphatic rings. The fourth-order valence-corrected chi connectivity index (χ4v) is 5.62. The van der Waals surface area contributed by atoms with E-state index in [9.17, 15) is 13.2 Å². The average molecular weight is 529 g/mol. The number of nitrogens with zero attached hydrogens (tertiary/aromatic N) is 3. The number of benzene rings is 3. The van der Waals surface area contributed by atoms with Crippen molar-refractivity contribution in [3.05, 3.63) is 83.4 Å². The van der Waals surface area contributed by atoms with E-state index in [1.54, 1.807) is 60.7 Å². The number of aryl methyl sites for hydroxylation is 1. The molecule has 8 nitrogen and oxygen atoms in total. The van der Waals surface area contributed by atoms with Gasteiger partial charge in [-0.2, -0.15) is 0 Å². The molecule has 0 fully saturated rings. The predicted molar refractivity (Wildman–Crippen MR) is 138 cm³/mol. The molecule has 4 rings (SSSR count). The molecule has 0 bridgehead atoms. The molecule has 0 unspecified atom stereocenters. The van der Waals surface area contributed by atoms with Crippen LogP contribution >= 0.6 is 22.9 Å². The first-order chi connectivity index (χ1) is 16.8. The minimum Gasteiger partial charge on any atom is -0.495 e. The third-order valence-electron chi connectivity index (χ3n) is 4.98. The number of hydrogen-bond acceptors (Lipinski definition) is 7. The van der Waals surface area contributed by atoms with Gasteiger partial charge >= 0.3 is 0 Å². The van der Waals surface area contributed by atoms with E-state index in [1.807, 2.05) is 6.92 Å². The molecule has 0 aliphatic heterocycles. The van der Waals surface area contributed by atoms with Crippen molar-refractivity contribution < 1.29 is 17.9 Å². The topological polar surface area (TPSA) is 101 Å². The lowest BCUT2D eigenvalue weighted by Crippen LogP contribution is -2.38. The average Bonchev–Trinajstić information content (AvgIpc) is 3.31. The summed E-state index contributed by atoms with van der Waals surface area (Å²) in [5.74, 6) is -0.254. The van der Waals surface area contributed by atoms with E-state index in [1.165, 1.54) is 30.6 Å². The Morgan fingerprint density at radius 2 is 1.77 bits per heavy atom. The molecule has 1 amide bonds. The van der Waals surface area contributed by atoms with Crippen molar-refractivity contribution in [3.63, 3.8) is 0 Å². The maximum Gasteiger partial charge on any atom is 0.264 e. The number of methoxy groups -OCH3 is 1. The molecule has 0 saturated heterocycles. The first-order valence-electron chi connectivity index (χ1n) is 10.4. The van der Waals surface area contributed by atoms with Crippen LogP contribution in [0.15, 0.2) is 77.7 Å². The molecular weight excluding hydrogens is 508 g/mol. The summed E-state index contributed by atoms with van der Waals surface area (Å²) < 4.78 is 33.6. The van der Waals surface area contributed by atoms with Gasteiger partial charge in [-0.15, -0.1) is 10.2 Å². The second kappa shape index (κ2) is 10.4. The molecule has 11 heteroatoms. The zero-order chi connectivity index (χ0) is 25.0. The Morgan fingerprint density at radius 3 is 2.46 bits per heavy atom. The summed E-state index contributed by atoms with van der Waals surface area (Å²) in [4.78, 5) is 13.1. The van der Waals surface area contributed by atoms with Crippen LogP contribution in [0.1, 0.15) is 5.56 Å². The Morgan fingerprint density at radius 1 is 1.06 bits per heavy atom. The van der Waals surface area contributed by atoms with Crippen LogP contribution in [0, 0.1) is 6.92 Å². The fraction of sp³-hybridized carbons (Fsp3) is 0.125. The predicted octanol–water partition coefficient (Wildman–Crippen LogP) is 5.01. The normalized spacial score (nSPS) is 11.2. The zero-order valence-electron chi connectivity index (χ0n) is 18.8. The van der Waals surface area contributed by atoms with E-state index >= 15 is 0 Å². The molecule has 0 radical (unpaired) electrons. The molecule has 1 heterocycles. The Kier molecular flexibility index (Phi) is 7.34. The van der Waals surface area contributed by atoms with Gasteiger partial charge in [0.05, 0.1) is 17.7 Å². The molecule has 3 aromatic carbocycles. The van der Waals surface area contributed by atoms with Gasteiger partial charge in [-0.1, -0.05) is 59.3 Å². The molecule has 1 aromatic heterocycles. The van der Waals surface area contributed by atoms with Crippen LogP contribution in [0.2, 0.25) is 5.02 Å². The monoisotopic (exact) mass is 528 g/mol. The molecule has 180 valence electrons. The molecule has 1 N–H and O–H groups in total. The minimum absolute atomic E-state index is 0.0531. The van der Waals surface area contributed by atoms with Crippen LogP contribution < -0.4 is 14.4 Å². The number of halogens is 1. The van der Waals surface area contributed by atoms with Gasteiger partial charge in [-0.25, -0.2) is 8.42 Å². The molecule has 0 aliphatic carbocycles. The van der Waals surface area contributed by atoms with Crippen LogP contribution in [0.5, 0.6) is 5.75 Å². The Labute approximate surface area is 212 Å². The van der Waals surface area contributed by atoms with Gasteiger partial charge in [0.15, 0.2) is 0 Å². The van der Waals surface area contributed by atoms with Crippen molar-refractivity contribution in [3.8, 4) is 16.3 Å². The van der Waals surface area contributed by atoms with Crippen LogP contribution in [-0.4, -0.2) is 38.2 Å². The van der Waals surface area contributed by atoms with Crippen molar-refractivity contribution in [2.24, 2.45) is 0 Å². The molecular formula is C24H21ClN4O4S2. The molecule has 4 aromatic rings. The van der Waals surface area contributed by atoms with Crippen LogP contribution in [0.4, 0.5) is 10.8 Å². The number of carbonyl (C=O) groups is 1. The fourth-order valence-electron chi connectivity index (χ4n) is 3.29. The standard InChI is InChI=1S/C24H21ClN4O4S2/c1-16-8-13-21(33-2)20(14-16)29(35(31,32)19-6-4-3-5-7-19)15-22(30)26-24-28-27-23(34-24)17-9-11-18(25)12-10-17/h3-14H,15H2,1-2H3,(H,26,28,30). The van der Waals surface area contributed by atoms with Gasteiger partial charge in [0.1, 0.15) is 17.3 Å². The van der Waals surface area contributed by atoms with Crippen molar-refractivity contribution in [1.82, 2.24) is 10.2 Å². The van der Waals surface area contributed by atoms with Crippen molar-refractivity contribution >= 4 is 49.7 Å². The van der Waals surface area contributed by atoms with E-state index in [-0.39, 0.29) is 15.7 Å². The summed E-state index contributed by atoms with van der Waals surface area (Å²) >= 11 is 7.10. The van der Waals surface area contributed by atoms with Crippen LogP contribution in [0.3, 0.4) is 0 Å². The van der Waals surface area contributed by atoms with Gasteiger partial charge in [0.25, 0.3) is 10.0 Å². The lowest BCUT2D eigenvalue weighted by atomic mass is 10.2. The Bertz CT molecular complexity index is 1440. The van der Waals surface area contributed by atoms with E-state index in [0.717, 1.165) is 15.4 Å². The summed E-state index contributed by atoms with van der Waals surface area (Å²) in [6.45, 7) is 1.34. The van der Waals surface area contributed by atoms with Crippen molar-refractivity contribution in [2.75, 3.05) is 23.3 Å². The first-order valence-corrected chi connectivity index (χ1v) is 13.0. The highest BCUT2D eigenvalue weighted by atomic mass is 35.5. The zero-order valence-corrected chi connectivity index (χ0v) is 21.2. The third kappa shape index (κ3) is 5.61. The van der Waals surface area contributed by atoms with Crippen LogP contribution in [-0.2, 0) is 14.8 Å². The minimum atomic E-state index is -4.09. The molecule has 0 saturated carbocycles. The van der Waals surface area contributed by atoms with E-state index in [4.69, 9.17) is 16.3 Å². The van der Waals surface area contributed by atoms with Gasteiger partial charge in [0, 0.05) is 10.6 Å². The maximum atomic E-state index is 13.6. The van der Waals surface area contributed by atoms with Gasteiger partial charge in [-0.05, 0) is 48.9 Å². The molecule has 0 atom stereocenters. The van der Waals surface area contributed by atoms with E-state index < -0.39 is 22.5 Å². The summed E-state index contributed by atoms with van der Waals surface area (Å²) in [7, 11) is -2.64. The number of rotatable bonds is 8. The highest BCUT2D eigenvalue weighted by Crippen LogP contribution is 2.34. The lowest BCUT2D eigenvalue weighted by molar-refractivity contribution is -0.114. The second-order valence-electron chi connectivity index (χ2n) is 7.47. The number of carbonyl (C=O) groups excluding carboxylic acids is 1.